The van der Waals surface area contributed by atoms with Crippen molar-refractivity contribution >= 4 is 21.7 Å². The van der Waals surface area contributed by atoms with Gasteiger partial charge < -0.3 is 9.47 Å². The van der Waals surface area contributed by atoms with Crippen LogP contribution < -0.4 is 5.48 Å². The first-order chi connectivity index (χ1) is 6.70. The van der Waals surface area contributed by atoms with Crippen molar-refractivity contribution in [3.63, 3.8) is 0 Å². The van der Waals surface area contributed by atoms with E-state index in [1.807, 2.05) is 0 Å². The van der Waals surface area contributed by atoms with Gasteiger partial charge in [0, 0.05) is 13.8 Å². The molecule has 1 saturated heterocycles. The van der Waals surface area contributed by atoms with Gasteiger partial charge in [0.2, 0.25) is 5.79 Å². The monoisotopic (exact) mass is 257 g/mol. The Kier molecular flexibility index (Phi) is 3.49. The van der Waals surface area contributed by atoms with Crippen LogP contribution in [-0.2, 0) is 23.9 Å². The van der Waals surface area contributed by atoms with E-state index in [9.17, 15) is 8.42 Å². The fourth-order valence-corrected chi connectivity index (χ4v) is 1.28. The van der Waals surface area contributed by atoms with Crippen LogP contribution in [0.5, 0.6) is 0 Å². The highest BCUT2D eigenvalue weighted by molar-refractivity contribution is 7.85. The second kappa shape index (κ2) is 4.17. The number of nitrogens with one attached hydrogen (secondary N) is 1. The smallest absolute Gasteiger partial charge is 0.284 e. The summed E-state index contributed by atoms with van der Waals surface area (Å²) in [6.45, 7) is 3.58. The third-order valence-electron chi connectivity index (χ3n) is 1.45. The van der Waals surface area contributed by atoms with Gasteiger partial charge in [0.1, 0.15) is 6.61 Å². The molecular formula is C7H12ClNO5S. The number of hydrogen-bond acceptors (Lipinski definition) is 6. The van der Waals surface area contributed by atoms with Crippen molar-refractivity contribution in [2.45, 2.75) is 19.6 Å². The van der Waals surface area contributed by atoms with Gasteiger partial charge in [-0.3, -0.25) is 0 Å². The van der Waals surface area contributed by atoms with Gasteiger partial charge in [0.25, 0.3) is 10.1 Å². The third-order valence-corrected chi connectivity index (χ3v) is 2.12. The topological polar surface area (TPSA) is 73.9 Å². The molecule has 1 aliphatic rings. The van der Waals surface area contributed by atoms with Gasteiger partial charge in [-0.2, -0.15) is 12.7 Å². The van der Waals surface area contributed by atoms with Crippen molar-refractivity contribution in [2.24, 2.45) is 0 Å². The lowest BCUT2D eigenvalue weighted by Gasteiger charge is -2.15. The predicted molar refractivity (Wildman–Crippen MR) is 53.1 cm³/mol. The van der Waals surface area contributed by atoms with Crippen LogP contribution in [0.2, 0.25) is 0 Å². The Bertz CT molecular complexity index is 375. The fraction of sp³-hybridized carbons (Fsp3) is 0.714. The summed E-state index contributed by atoms with van der Waals surface area (Å²) in [7, 11) is -3.60. The Hall–Kier alpha value is -0.500. The molecule has 1 rings (SSSR count). The molecule has 88 valence electrons. The zero-order valence-electron chi connectivity index (χ0n) is 8.53. The zero-order valence-corrected chi connectivity index (χ0v) is 10.1. The molecule has 8 heteroatoms. The molecule has 1 fully saturated rings. The van der Waals surface area contributed by atoms with Gasteiger partial charge in [-0.15, -0.1) is 0 Å². The molecule has 0 spiro atoms. The van der Waals surface area contributed by atoms with Gasteiger partial charge in [-0.1, -0.05) is 11.6 Å². The van der Waals surface area contributed by atoms with Crippen molar-refractivity contribution < 1.29 is 22.2 Å². The molecular weight excluding hydrogens is 246 g/mol. The van der Waals surface area contributed by atoms with Crippen LogP contribution in [0, 0.1) is 0 Å². The van der Waals surface area contributed by atoms with Crippen LogP contribution in [0.1, 0.15) is 13.8 Å². The number of halogens is 1. The summed E-state index contributed by atoms with van der Waals surface area (Å²) in [6.07, 6.45) is 0.894. The normalized spacial score (nSPS) is 23.5. The molecule has 15 heavy (non-hydrogen) atoms. The quantitative estimate of drug-likeness (QED) is 0.591. The lowest BCUT2D eigenvalue weighted by molar-refractivity contribution is -0.117. The van der Waals surface area contributed by atoms with E-state index >= 15 is 0 Å². The van der Waals surface area contributed by atoms with E-state index in [0.717, 1.165) is 6.26 Å². The van der Waals surface area contributed by atoms with Crippen molar-refractivity contribution in [1.29, 1.82) is 0 Å². The Morgan fingerprint density at radius 3 is 2.60 bits per heavy atom. The lowest BCUT2D eigenvalue weighted by atomic mass is 10.4. The summed E-state index contributed by atoms with van der Waals surface area (Å²) in [4.78, 5) is 0. The lowest BCUT2D eigenvalue weighted by Crippen LogP contribution is -2.20. The molecule has 6 nitrogen and oxygen atoms in total. The summed E-state index contributed by atoms with van der Waals surface area (Å²) in [5.41, 5.74) is 2.05. The van der Waals surface area contributed by atoms with E-state index in [2.05, 4.69) is 9.76 Å². The van der Waals surface area contributed by atoms with Crippen LogP contribution in [0.4, 0.5) is 0 Å². The molecule has 1 aliphatic heterocycles. The number of hydroxylamine groups is 1. The van der Waals surface area contributed by atoms with E-state index < -0.39 is 15.9 Å². The minimum Gasteiger partial charge on any atom is -0.462 e. The minimum absolute atomic E-state index is 0.0500. The highest BCUT2D eigenvalue weighted by Gasteiger charge is 2.31. The standard InChI is InChI=1S/C7H12ClNO5S/c1-7(2)12-4-5(13-7)6(8)9-14-15(3,10)11/h9H,4H2,1-3H3. The van der Waals surface area contributed by atoms with Crippen LogP contribution >= 0.6 is 11.6 Å². The molecule has 0 aromatic rings. The van der Waals surface area contributed by atoms with Crippen molar-refractivity contribution in [3.05, 3.63) is 10.9 Å². The van der Waals surface area contributed by atoms with E-state index in [-0.39, 0.29) is 11.8 Å². The van der Waals surface area contributed by atoms with Crippen molar-refractivity contribution in [3.8, 4) is 0 Å². The summed E-state index contributed by atoms with van der Waals surface area (Å²) >= 11 is 5.69. The summed E-state index contributed by atoms with van der Waals surface area (Å²) in [5.74, 6) is -0.465. The summed E-state index contributed by atoms with van der Waals surface area (Å²) in [5, 5.41) is -0.0500. The fourth-order valence-electron chi connectivity index (χ4n) is 0.872. The van der Waals surface area contributed by atoms with Crippen molar-refractivity contribution in [1.82, 2.24) is 5.48 Å². The van der Waals surface area contributed by atoms with Crippen molar-refractivity contribution in [2.75, 3.05) is 12.9 Å². The Balaban J connectivity index is 2.61. The molecule has 0 saturated carbocycles. The largest absolute Gasteiger partial charge is 0.462 e. The predicted octanol–water partition coefficient (Wildman–Crippen LogP) is 0.658. The molecule has 0 aromatic carbocycles. The molecule has 0 radical (unpaired) electrons. The Morgan fingerprint density at radius 2 is 2.20 bits per heavy atom. The molecule has 0 atom stereocenters. The highest BCUT2D eigenvalue weighted by Crippen LogP contribution is 2.27. The van der Waals surface area contributed by atoms with E-state index in [1.54, 1.807) is 13.8 Å². The Morgan fingerprint density at radius 1 is 1.60 bits per heavy atom. The first-order valence-electron chi connectivity index (χ1n) is 4.06. The molecule has 0 bridgehead atoms. The molecule has 0 unspecified atom stereocenters. The van der Waals surface area contributed by atoms with Gasteiger partial charge in [-0.25, -0.2) is 5.48 Å². The summed E-state index contributed by atoms with van der Waals surface area (Å²) < 4.78 is 36.0. The average Bonchev–Trinajstić information content (AvgIpc) is 2.40. The van der Waals surface area contributed by atoms with E-state index in [1.165, 1.54) is 0 Å². The third kappa shape index (κ3) is 4.25. The van der Waals surface area contributed by atoms with Crippen LogP contribution in [0.3, 0.4) is 0 Å². The highest BCUT2D eigenvalue weighted by atomic mass is 35.5. The van der Waals surface area contributed by atoms with E-state index in [4.69, 9.17) is 21.1 Å². The second-order valence-corrected chi connectivity index (χ2v) is 5.37. The maximum absolute atomic E-state index is 10.6. The number of hydrogen-bond donors (Lipinski definition) is 1. The minimum atomic E-state index is -3.60. The van der Waals surface area contributed by atoms with Crippen LogP contribution in [0.15, 0.2) is 10.9 Å². The zero-order chi connectivity index (χ0) is 11.7. The van der Waals surface area contributed by atoms with Gasteiger partial charge in [0.05, 0.1) is 6.26 Å². The van der Waals surface area contributed by atoms with Gasteiger partial charge >= 0.3 is 0 Å². The van der Waals surface area contributed by atoms with Gasteiger partial charge in [0.15, 0.2) is 10.9 Å². The SMILES string of the molecule is CC1(C)OCC(=C(Cl)NOS(C)(=O)=O)O1. The summed E-state index contributed by atoms with van der Waals surface area (Å²) in [6, 6.07) is 0. The molecule has 0 amide bonds. The van der Waals surface area contributed by atoms with Gasteiger partial charge in [-0.05, 0) is 0 Å². The first-order valence-corrected chi connectivity index (χ1v) is 6.25. The maximum Gasteiger partial charge on any atom is 0.284 e. The Labute approximate surface area is 93.2 Å². The first kappa shape index (κ1) is 12.6. The number of ether oxygens (including phenoxy) is 2. The average molecular weight is 258 g/mol. The van der Waals surface area contributed by atoms with Crippen LogP contribution in [0.25, 0.3) is 0 Å². The molecule has 0 aromatic heterocycles. The van der Waals surface area contributed by atoms with Crippen LogP contribution in [-0.4, -0.2) is 27.1 Å². The molecule has 1 N–H and O–H groups in total. The van der Waals surface area contributed by atoms with E-state index in [0.29, 0.717) is 5.76 Å². The second-order valence-electron chi connectivity index (χ2n) is 3.42. The number of rotatable bonds is 3. The maximum atomic E-state index is 10.6. The molecule has 1 heterocycles. The molecule has 0 aliphatic carbocycles.